The molecule has 236 valence electrons. The zero-order chi connectivity index (χ0) is 31.0. The lowest BCUT2D eigenvalue weighted by atomic mass is 9.84. The highest BCUT2D eigenvalue weighted by molar-refractivity contribution is 7.18. The molecule has 4 rings (SSSR count). The molecule has 0 saturated carbocycles. The van der Waals surface area contributed by atoms with E-state index in [0.717, 1.165) is 13.1 Å². The number of fused-ring (bicyclic) bond motifs is 2. The van der Waals surface area contributed by atoms with Crippen LogP contribution in [0.25, 0.3) is 26.7 Å². The van der Waals surface area contributed by atoms with Crippen LogP contribution < -0.4 is 9.47 Å². The molecule has 0 unspecified atom stereocenters. The number of nitrogens with zero attached hydrogens (tertiary/aromatic N) is 5. The Labute approximate surface area is 264 Å². The van der Waals surface area contributed by atoms with E-state index in [1.807, 2.05) is 0 Å². The monoisotopic (exact) mass is 622 g/mol. The number of ether oxygens (including phenoxy) is 5. The second-order valence-electron chi connectivity index (χ2n) is 10.7. The first-order chi connectivity index (χ1) is 21.6. The van der Waals surface area contributed by atoms with Gasteiger partial charge in [-0.2, -0.15) is 4.57 Å². The van der Waals surface area contributed by atoms with Crippen LogP contribution in [-0.2, 0) is 35.6 Å². The first-order valence-electron chi connectivity index (χ1n) is 15.1. The fraction of sp³-hybridized carbons (Fsp3) is 0.485. The molecule has 0 saturated heterocycles. The largest absolute Gasteiger partial charge is 0.382 e. The van der Waals surface area contributed by atoms with Gasteiger partial charge in [-0.3, -0.25) is 0 Å². The van der Waals surface area contributed by atoms with Gasteiger partial charge >= 0.3 is 0 Å². The molecule has 3 aromatic rings. The van der Waals surface area contributed by atoms with E-state index < -0.39 is 0 Å². The maximum absolute atomic E-state index is 8.27. The predicted octanol–water partition coefficient (Wildman–Crippen LogP) is 5.91. The van der Waals surface area contributed by atoms with E-state index in [1.165, 1.54) is 32.2 Å². The van der Waals surface area contributed by atoms with Gasteiger partial charge in [-0.15, -0.1) is 0 Å². The molecule has 0 aliphatic carbocycles. The van der Waals surface area contributed by atoms with Crippen LogP contribution in [0.2, 0.25) is 0 Å². The van der Waals surface area contributed by atoms with Crippen molar-refractivity contribution in [1.29, 1.82) is 0 Å². The van der Waals surface area contributed by atoms with E-state index in [2.05, 4.69) is 100 Å². The predicted molar refractivity (Wildman–Crippen MR) is 175 cm³/mol. The van der Waals surface area contributed by atoms with Gasteiger partial charge in [0.05, 0.1) is 52.9 Å². The van der Waals surface area contributed by atoms with Crippen LogP contribution in [0.3, 0.4) is 0 Å². The van der Waals surface area contributed by atoms with E-state index in [4.69, 9.17) is 29.2 Å². The molecule has 1 aromatic heterocycles. The summed E-state index contributed by atoms with van der Waals surface area (Å²) in [6.45, 7) is 11.2. The minimum Gasteiger partial charge on any atom is -0.382 e. The fourth-order valence-electron chi connectivity index (χ4n) is 5.26. The standard InChI is InChI=1S/C33H44N5O5S/c1-33(2)27-9-4-5-10-28(27)37(16-19-42-24-26-43-25-23-40-18-15-35-36-34)31(33)13-8-14-32-38(17-20-41-22-21-39-3)29-11-6-7-12-30(29)44-32/h4-14H,15-26H2,1-3H3/q+1. The Hall–Kier alpha value is -3.28. The Kier molecular flexibility index (Phi) is 13.7. The molecular weight excluding hydrogens is 578 g/mol. The van der Waals surface area contributed by atoms with Crippen LogP contribution in [0, 0.1) is 0 Å². The second-order valence-corrected chi connectivity index (χ2v) is 11.7. The molecule has 2 aromatic carbocycles. The summed E-state index contributed by atoms with van der Waals surface area (Å²) in [6, 6.07) is 17.1. The van der Waals surface area contributed by atoms with Crippen LogP contribution in [-0.4, -0.2) is 79.7 Å². The van der Waals surface area contributed by atoms with Gasteiger partial charge in [-0.1, -0.05) is 66.7 Å². The molecule has 0 fully saturated rings. The SMILES string of the molecule is COCCOCC[n+]1c(C=CC=C2N(CCOCCOCCOCCN=[N+]=[N-])c3ccccc3C2(C)C)sc2ccccc21. The summed E-state index contributed by atoms with van der Waals surface area (Å²) in [5, 5.41) is 4.62. The van der Waals surface area contributed by atoms with Crippen molar-refractivity contribution >= 4 is 33.3 Å². The van der Waals surface area contributed by atoms with E-state index in [0.29, 0.717) is 66.0 Å². The van der Waals surface area contributed by atoms with Crippen molar-refractivity contribution in [2.75, 3.05) is 84.6 Å². The quantitative estimate of drug-likeness (QED) is 0.0511. The smallest absolute Gasteiger partial charge is 0.262 e. The molecule has 0 spiro atoms. The average Bonchev–Trinajstić information content (AvgIpc) is 3.49. The van der Waals surface area contributed by atoms with Crippen molar-refractivity contribution < 1.29 is 28.3 Å². The molecule has 2 heterocycles. The van der Waals surface area contributed by atoms with Crippen molar-refractivity contribution in [3.63, 3.8) is 0 Å². The third kappa shape index (κ3) is 9.12. The summed E-state index contributed by atoms with van der Waals surface area (Å²) in [5.41, 5.74) is 13.1. The number of hydrogen-bond donors (Lipinski definition) is 0. The normalized spacial score (nSPS) is 15.0. The minimum atomic E-state index is -0.145. The number of thiazole rings is 1. The third-order valence-corrected chi connectivity index (χ3v) is 8.55. The lowest BCUT2D eigenvalue weighted by Crippen LogP contribution is -2.37. The molecule has 1 aliphatic heterocycles. The molecule has 0 atom stereocenters. The number of rotatable bonds is 20. The minimum absolute atomic E-state index is 0.145. The van der Waals surface area contributed by atoms with E-state index >= 15 is 0 Å². The van der Waals surface area contributed by atoms with Gasteiger partial charge < -0.3 is 28.6 Å². The summed E-state index contributed by atoms with van der Waals surface area (Å²) < 4.78 is 31.4. The van der Waals surface area contributed by atoms with Crippen molar-refractivity contribution in [1.82, 2.24) is 0 Å². The number of anilines is 1. The first-order valence-corrected chi connectivity index (χ1v) is 15.9. The Bertz CT molecular complexity index is 1430. The van der Waals surface area contributed by atoms with Crippen LogP contribution in [0.4, 0.5) is 5.69 Å². The van der Waals surface area contributed by atoms with Gasteiger partial charge in [-0.05, 0) is 29.3 Å². The highest BCUT2D eigenvalue weighted by Gasteiger charge is 2.39. The van der Waals surface area contributed by atoms with E-state index in [-0.39, 0.29) is 5.41 Å². The molecule has 1 aliphatic rings. The van der Waals surface area contributed by atoms with Gasteiger partial charge in [0.25, 0.3) is 5.01 Å². The Morgan fingerprint density at radius 3 is 2.36 bits per heavy atom. The van der Waals surface area contributed by atoms with E-state index in [9.17, 15) is 0 Å². The summed E-state index contributed by atoms with van der Waals surface area (Å²) in [6.07, 6.45) is 6.62. The van der Waals surface area contributed by atoms with Crippen molar-refractivity contribution in [3.8, 4) is 0 Å². The topological polar surface area (TPSA) is 102 Å². The van der Waals surface area contributed by atoms with Crippen molar-refractivity contribution in [3.05, 3.63) is 87.4 Å². The van der Waals surface area contributed by atoms with Crippen LogP contribution >= 0.6 is 11.3 Å². The zero-order valence-electron chi connectivity index (χ0n) is 26.0. The molecular formula is C33H44N5O5S+. The number of methoxy groups -OCH3 is 1. The molecule has 0 N–H and O–H groups in total. The lowest BCUT2D eigenvalue weighted by Gasteiger charge is -2.27. The number of benzene rings is 2. The van der Waals surface area contributed by atoms with Gasteiger partial charge in [0.15, 0.2) is 6.54 Å². The summed E-state index contributed by atoms with van der Waals surface area (Å²) in [5.74, 6) is 0. The molecule has 0 amide bonds. The highest BCUT2D eigenvalue weighted by atomic mass is 32.1. The maximum Gasteiger partial charge on any atom is 0.262 e. The Morgan fingerprint density at radius 1 is 0.886 bits per heavy atom. The van der Waals surface area contributed by atoms with Gasteiger partial charge in [0.1, 0.15) is 11.3 Å². The third-order valence-electron chi connectivity index (χ3n) is 7.42. The highest BCUT2D eigenvalue weighted by Crippen LogP contribution is 2.47. The summed E-state index contributed by atoms with van der Waals surface area (Å²) >= 11 is 1.79. The van der Waals surface area contributed by atoms with Gasteiger partial charge in [0, 0.05) is 54.1 Å². The number of para-hydroxylation sites is 2. The maximum atomic E-state index is 8.27. The molecule has 0 radical (unpaired) electrons. The second kappa shape index (κ2) is 17.9. The van der Waals surface area contributed by atoms with Crippen molar-refractivity contribution in [2.45, 2.75) is 25.8 Å². The zero-order valence-corrected chi connectivity index (χ0v) is 26.8. The Balaban J connectivity index is 1.38. The first kappa shape index (κ1) is 33.6. The van der Waals surface area contributed by atoms with Crippen LogP contribution in [0.15, 0.2) is 71.5 Å². The molecule has 11 heteroatoms. The van der Waals surface area contributed by atoms with Crippen LogP contribution in [0.1, 0.15) is 24.4 Å². The van der Waals surface area contributed by atoms with Gasteiger partial charge in [-0.25, -0.2) is 0 Å². The number of azide groups is 1. The van der Waals surface area contributed by atoms with Gasteiger partial charge in [0.2, 0.25) is 5.52 Å². The number of allylic oxidation sites excluding steroid dienone is 3. The van der Waals surface area contributed by atoms with E-state index in [1.54, 1.807) is 18.4 Å². The summed E-state index contributed by atoms with van der Waals surface area (Å²) in [7, 11) is 1.69. The number of hydrogen-bond acceptors (Lipinski definition) is 8. The average molecular weight is 623 g/mol. The van der Waals surface area contributed by atoms with Crippen LogP contribution in [0.5, 0.6) is 0 Å². The summed E-state index contributed by atoms with van der Waals surface area (Å²) in [4.78, 5) is 5.07. The Morgan fingerprint density at radius 2 is 1.57 bits per heavy atom. The molecule has 10 nitrogen and oxygen atoms in total. The molecule has 0 bridgehead atoms. The van der Waals surface area contributed by atoms with Crippen molar-refractivity contribution in [2.24, 2.45) is 5.11 Å². The number of aromatic nitrogens is 1. The fourth-order valence-corrected chi connectivity index (χ4v) is 6.36. The lowest BCUT2D eigenvalue weighted by molar-refractivity contribution is -0.670. The molecule has 44 heavy (non-hydrogen) atoms.